The fourth-order valence-corrected chi connectivity index (χ4v) is 0.813. The summed E-state index contributed by atoms with van der Waals surface area (Å²) in [6.07, 6.45) is 0. The van der Waals surface area contributed by atoms with Crippen LogP contribution in [0.5, 0.6) is 5.75 Å². The lowest BCUT2D eigenvalue weighted by Gasteiger charge is -2.02. The monoisotopic (exact) mass is 167 g/mol. The van der Waals surface area contributed by atoms with Crippen molar-refractivity contribution in [3.8, 4) is 5.75 Å². The average molecular weight is 167 g/mol. The van der Waals surface area contributed by atoms with Crippen molar-refractivity contribution >= 4 is 5.91 Å². The van der Waals surface area contributed by atoms with Gasteiger partial charge in [-0.05, 0) is 12.1 Å². The van der Waals surface area contributed by atoms with E-state index in [0.717, 1.165) is 0 Å². The van der Waals surface area contributed by atoms with Crippen LogP contribution in [0.15, 0.2) is 24.3 Å². The number of phenolic OH excluding ortho intramolecular Hbond substituents is 1. The minimum Gasteiger partial charge on any atom is -0.507 e. The number of nitrogens with one attached hydrogen (secondary N) is 1. The van der Waals surface area contributed by atoms with Gasteiger partial charge in [0.2, 0.25) is 0 Å². The zero-order valence-corrected chi connectivity index (χ0v) is 6.57. The van der Waals surface area contributed by atoms with E-state index in [2.05, 4.69) is 10.3 Å². The number of rotatable bonds is 2. The second-order valence-electron chi connectivity index (χ2n) is 2.15. The van der Waals surface area contributed by atoms with Crippen LogP contribution in [0.25, 0.3) is 0 Å². The molecule has 0 aliphatic rings. The van der Waals surface area contributed by atoms with Crippen LogP contribution in [0.1, 0.15) is 10.4 Å². The number of phenols is 1. The summed E-state index contributed by atoms with van der Waals surface area (Å²) in [4.78, 5) is 15.5. The van der Waals surface area contributed by atoms with Crippen LogP contribution in [-0.4, -0.2) is 18.1 Å². The molecule has 1 rings (SSSR count). The third kappa shape index (κ3) is 1.73. The van der Waals surface area contributed by atoms with Crippen molar-refractivity contribution in [2.75, 3.05) is 7.11 Å². The third-order valence-electron chi connectivity index (χ3n) is 1.34. The Hall–Kier alpha value is -1.55. The fourth-order valence-electron chi connectivity index (χ4n) is 0.813. The van der Waals surface area contributed by atoms with Crippen molar-refractivity contribution in [1.82, 2.24) is 5.48 Å². The number of carbonyl (C=O) groups excluding carboxylic acids is 1. The lowest BCUT2D eigenvalue weighted by Crippen LogP contribution is -2.21. The largest absolute Gasteiger partial charge is 0.507 e. The normalized spacial score (nSPS) is 9.42. The van der Waals surface area contributed by atoms with Crippen LogP contribution < -0.4 is 5.48 Å². The molecule has 4 heteroatoms. The summed E-state index contributed by atoms with van der Waals surface area (Å²) in [6, 6.07) is 6.23. The van der Waals surface area contributed by atoms with Crippen LogP contribution in [0.4, 0.5) is 0 Å². The van der Waals surface area contributed by atoms with E-state index in [-0.39, 0.29) is 11.3 Å². The van der Waals surface area contributed by atoms with Crippen molar-refractivity contribution in [2.45, 2.75) is 0 Å². The molecule has 0 saturated heterocycles. The Morgan fingerprint density at radius 1 is 1.50 bits per heavy atom. The van der Waals surface area contributed by atoms with Crippen molar-refractivity contribution in [3.63, 3.8) is 0 Å². The fraction of sp³-hybridized carbons (Fsp3) is 0.125. The smallest absolute Gasteiger partial charge is 0.278 e. The maximum Gasteiger partial charge on any atom is 0.278 e. The first kappa shape index (κ1) is 8.55. The molecule has 0 aliphatic carbocycles. The number of hydrogen-bond acceptors (Lipinski definition) is 3. The quantitative estimate of drug-likeness (QED) is 0.637. The molecule has 0 radical (unpaired) electrons. The molecule has 4 nitrogen and oxygen atoms in total. The van der Waals surface area contributed by atoms with Gasteiger partial charge in [0.25, 0.3) is 5.91 Å². The van der Waals surface area contributed by atoms with Crippen LogP contribution in [0, 0.1) is 0 Å². The highest BCUT2D eigenvalue weighted by atomic mass is 16.6. The van der Waals surface area contributed by atoms with Gasteiger partial charge >= 0.3 is 0 Å². The van der Waals surface area contributed by atoms with E-state index in [4.69, 9.17) is 0 Å². The summed E-state index contributed by atoms with van der Waals surface area (Å²) in [6.45, 7) is 0. The van der Waals surface area contributed by atoms with Gasteiger partial charge in [0, 0.05) is 0 Å². The first-order chi connectivity index (χ1) is 5.75. The molecule has 1 aromatic rings. The van der Waals surface area contributed by atoms with E-state index in [0.29, 0.717) is 0 Å². The number of carbonyl (C=O) groups is 1. The molecule has 12 heavy (non-hydrogen) atoms. The van der Waals surface area contributed by atoms with Gasteiger partial charge in [0.05, 0.1) is 12.7 Å². The summed E-state index contributed by atoms with van der Waals surface area (Å²) < 4.78 is 0. The zero-order chi connectivity index (χ0) is 8.97. The zero-order valence-electron chi connectivity index (χ0n) is 6.57. The Morgan fingerprint density at radius 2 is 2.17 bits per heavy atom. The van der Waals surface area contributed by atoms with Gasteiger partial charge in [-0.25, -0.2) is 5.48 Å². The highest BCUT2D eigenvalue weighted by Crippen LogP contribution is 2.14. The SMILES string of the molecule is CONC(=O)c1ccccc1O. The molecule has 0 unspecified atom stereocenters. The number of benzene rings is 1. The Balaban J connectivity index is 2.87. The Bertz CT molecular complexity index is 285. The summed E-state index contributed by atoms with van der Waals surface area (Å²) >= 11 is 0. The molecule has 0 aliphatic heterocycles. The van der Waals surface area contributed by atoms with E-state index in [9.17, 15) is 9.90 Å². The number of hydrogen-bond donors (Lipinski definition) is 2. The average Bonchev–Trinajstić information content (AvgIpc) is 2.05. The minimum atomic E-state index is -0.462. The molecule has 0 aromatic heterocycles. The van der Waals surface area contributed by atoms with Crippen LogP contribution in [0.3, 0.4) is 0 Å². The Kier molecular flexibility index (Phi) is 2.66. The number of aromatic hydroxyl groups is 1. The van der Waals surface area contributed by atoms with Gasteiger partial charge in [0.15, 0.2) is 0 Å². The number of amides is 1. The molecule has 0 atom stereocenters. The summed E-state index contributed by atoms with van der Waals surface area (Å²) in [5.74, 6) is -0.525. The number of hydroxylamine groups is 1. The van der Waals surface area contributed by atoms with Gasteiger partial charge < -0.3 is 5.11 Å². The summed E-state index contributed by atoms with van der Waals surface area (Å²) in [5, 5.41) is 9.19. The van der Waals surface area contributed by atoms with E-state index >= 15 is 0 Å². The lowest BCUT2D eigenvalue weighted by molar-refractivity contribution is 0.0535. The van der Waals surface area contributed by atoms with Gasteiger partial charge in [-0.1, -0.05) is 12.1 Å². The highest BCUT2D eigenvalue weighted by molar-refractivity contribution is 5.96. The lowest BCUT2D eigenvalue weighted by atomic mass is 10.2. The van der Waals surface area contributed by atoms with Crippen molar-refractivity contribution in [2.24, 2.45) is 0 Å². The van der Waals surface area contributed by atoms with Crippen LogP contribution in [0.2, 0.25) is 0 Å². The van der Waals surface area contributed by atoms with E-state index in [1.165, 1.54) is 19.2 Å². The van der Waals surface area contributed by atoms with Gasteiger partial charge in [0.1, 0.15) is 5.75 Å². The van der Waals surface area contributed by atoms with E-state index in [1.807, 2.05) is 0 Å². The first-order valence-electron chi connectivity index (χ1n) is 3.37. The standard InChI is InChI=1S/C8H9NO3/c1-12-9-8(11)6-4-2-3-5-7(6)10/h2-5,10H,1H3,(H,9,11). The molecule has 64 valence electrons. The third-order valence-corrected chi connectivity index (χ3v) is 1.34. The molecule has 0 fully saturated rings. The highest BCUT2D eigenvalue weighted by Gasteiger charge is 2.08. The molecular weight excluding hydrogens is 158 g/mol. The topological polar surface area (TPSA) is 58.6 Å². The predicted molar refractivity (Wildman–Crippen MR) is 42.6 cm³/mol. The predicted octanol–water partition coefficient (Wildman–Crippen LogP) is 0.683. The molecular formula is C8H9NO3. The molecule has 0 saturated carbocycles. The second kappa shape index (κ2) is 3.73. The maximum atomic E-state index is 11.1. The Morgan fingerprint density at radius 3 is 2.75 bits per heavy atom. The van der Waals surface area contributed by atoms with Crippen molar-refractivity contribution in [1.29, 1.82) is 0 Å². The number of para-hydroxylation sites is 1. The van der Waals surface area contributed by atoms with Crippen LogP contribution >= 0.6 is 0 Å². The maximum absolute atomic E-state index is 11.1. The summed E-state index contributed by atoms with van der Waals surface area (Å²) in [7, 11) is 1.33. The first-order valence-corrected chi connectivity index (χ1v) is 3.37. The van der Waals surface area contributed by atoms with E-state index in [1.54, 1.807) is 12.1 Å². The molecule has 0 spiro atoms. The van der Waals surface area contributed by atoms with Crippen LogP contribution in [-0.2, 0) is 4.84 Å². The minimum absolute atomic E-state index is 0.0629. The molecule has 0 bridgehead atoms. The second-order valence-corrected chi connectivity index (χ2v) is 2.15. The van der Waals surface area contributed by atoms with Gasteiger partial charge in [-0.15, -0.1) is 0 Å². The molecule has 0 heterocycles. The molecule has 1 amide bonds. The van der Waals surface area contributed by atoms with Crippen molar-refractivity contribution in [3.05, 3.63) is 29.8 Å². The Labute approximate surface area is 69.7 Å². The van der Waals surface area contributed by atoms with Gasteiger partial charge in [-0.2, -0.15) is 0 Å². The molecule has 2 N–H and O–H groups in total. The van der Waals surface area contributed by atoms with Crippen molar-refractivity contribution < 1.29 is 14.7 Å². The molecule has 1 aromatic carbocycles. The van der Waals surface area contributed by atoms with Gasteiger partial charge in [-0.3, -0.25) is 9.63 Å². The van der Waals surface area contributed by atoms with E-state index < -0.39 is 5.91 Å². The summed E-state index contributed by atoms with van der Waals surface area (Å²) in [5.41, 5.74) is 2.30.